The molecular formula is H5MoO5P. The zero-order valence-corrected chi connectivity index (χ0v) is 6.01. The zero-order chi connectivity index (χ0) is 4.50. The Morgan fingerprint density at radius 3 is 1.14 bits per heavy atom. The summed E-state index contributed by atoms with van der Waals surface area (Å²) in [6, 6.07) is 0. The number of hydrogen-bond acceptors (Lipinski definition) is 1. The molecule has 7 heteroatoms. The molecule has 0 aliphatic rings. The van der Waals surface area contributed by atoms with E-state index >= 15 is 0 Å². The van der Waals surface area contributed by atoms with Gasteiger partial charge in [0.05, 0.1) is 0 Å². The molecule has 0 radical (unpaired) electrons. The van der Waals surface area contributed by atoms with Crippen molar-refractivity contribution in [3.8, 4) is 0 Å². The van der Waals surface area contributed by atoms with Crippen LogP contribution in [0.1, 0.15) is 0 Å². The second-order valence-corrected chi connectivity index (χ2v) is 1.54. The third kappa shape index (κ3) is 266. The maximum Gasteiger partial charge on any atom is 0.466 e. The second kappa shape index (κ2) is 4.91. The monoisotopic (exact) mass is 214 g/mol. The summed E-state index contributed by atoms with van der Waals surface area (Å²) < 4.78 is 8.88. The van der Waals surface area contributed by atoms with Crippen molar-refractivity contribution < 1.29 is 45.8 Å². The van der Waals surface area contributed by atoms with Crippen LogP contribution in [-0.2, 0) is 25.6 Å². The predicted octanol–water partition coefficient (Wildman–Crippen LogP) is -1.76. The molecule has 5 nitrogen and oxygen atoms in total. The van der Waals surface area contributed by atoms with Gasteiger partial charge in [0.25, 0.3) is 0 Å². The van der Waals surface area contributed by atoms with E-state index in [1.54, 1.807) is 0 Å². The van der Waals surface area contributed by atoms with Crippen molar-refractivity contribution in [3.05, 3.63) is 0 Å². The Morgan fingerprint density at radius 1 is 1.14 bits per heavy atom. The molecule has 5 N–H and O–H groups in total. The fraction of sp³-hybridized carbons (Fsp3) is 0. The van der Waals surface area contributed by atoms with E-state index < -0.39 is 7.82 Å². The van der Waals surface area contributed by atoms with Crippen LogP contribution in [0.2, 0.25) is 0 Å². The topological polar surface area (TPSA) is 109 Å². The standard InChI is InChI=1S/Mo.H3O4P.H2O/c;1-5(2,3)4;/h;(H3,1,2,3,4);1H2. The first-order valence-electron chi connectivity index (χ1n) is 0.783. The summed E-state index contributed by atoms with van der Waals surface area (Å²) in [5.41, 5.74) is 0. The third-order valence-corrected chi connectivity index (χ3v) is 0. The summed E-state index contributed by atoms with van der Waals surface area (Å²) in [7, 11) is -4.64. The van der Waals surface area contributed by atoms with E-state index in [9.17, 15) is 0 Å². The van der Waals surface area contributed by atoms with Crippen LogP contribution in [0.5, 0.6) is 0 Å². The Morgan fingerprint density at radius 2 is 1.14 bits per heavy atom. The van der Waals surface area contributed by atoms with Crippen molar-refractivity contribution in [1.82, 2.24) is 0 Å². The van der Waals surface area contributed by atoms with E-state index in [-0.39, 0.29) is 26.5 Å². The van der Waals surface area contributed by atoms with Crippen LogP contribution >= 0.6 is 7.82 Å². The number of hydrogen-bond donors (Lipinski definition) is 3. The van der Waals surface area contributed by atoms with E-state index in [0.717, 1.165) is 0 Å². The van der Waals surface area contributed by atoms with Crippen molar-refractivity contribution in [2.24, 2.45) is 0 Å². The quantitative estimate of drug-likeness (QED) is 0.326. The van der Waals surface area contributed by atoms with E-state index in [1.807, 2.05) is 0 Å². The summed E-state index contributed by atoms with van der Waals surface area (Å²) in [5, 5.41) is 0. The fourth-order valence-electron chi connectivity index (χ4n) is 0. The zero-order valence-electron chi connectivity index (χ0n) is 3.11. The molecule has 0 aliphatic carbocycles. The van der Waals surface area contributed by atoms with Gasteiger partial charge in [0.2, 0.25) is 0 Å². The minimum Gasteiger partial charge on any atom is -0.412 e. The van der Waals surface area contributed by atoms with Gasteiger partial charge in [0.1, 0.15) is 0 Å². The first-order valence-corrected chi connectivity index (χ1v) is 2.35. The molecule has 0 saturated heterocycles. The van der Waals surface area contributed by atoms with Gasteiger partial charge in [-0.1, -0.05) is 0 Å². The summed E-state index contributed by atoms with van der Waals surface area (Å²) in [6.07, 6.45) is 0. The normalized spacial score (nSPS) is 8.43. The Kier molecular flexibility index (Phi) is 11.0. The molecular weight excluding hydrogens is 207 g/mol. The Hall–Kier alpha value is 0.758. The summed E-state index contributed by atoms with van der Waals surface area (Å²) in [4.78, 5) is 21.6. The summed E-state index contributed by atoms with van der Waals surface area (Å²) >= 11 is 0. The first kappa shape index (κ1) is 15.7. The molecule has 0 aromatic rings. The van der Waals surface area contributed by atoms with Crippen molar-refractivity contribution in [2.75, 3.05) is 0 Å². The van der Waals surface area contributed by atoms with Crippen molar-refractivity contribution in [1.29, 1.82) is 0 Å². The number of rotatable bonds is 0. The molecule has 7 heavy (non-hydrogen) atoms. The fourth-order valence-corrected chi connectivity index (χ4v) is 0. The summed E-state index contributed by atoms with van der Waals surface area (Å²) in [5.74, 6) is 0. The van der Waals surface area contributed by atoms with E-state index in [2.05, 4.69) is 0 Å². The Balaban J connectivity index is -0.0000000800. The van der Waals surface area contributed by atoms with E-state index in [1.165, 1.54) is 0 Å². The minimum absolute atomic E-state index is 0. The molecule has 46 valence electrons. The molecule has 0 amide bonds. The molecule has 0 aromatic carbocycles. The van der Waals surface area contributed by atoms with Crippen molar-refractivity contribution >= 4 is 7.82 Å². The largest absolute Gasteiger partial charge is 0.466 e. The van der Waals surface area contributed by atoms with Crippen molar-refractivity contribution in [3.63, 3.8) is 0 Å². The molecule has 0 rings (SSSR count). The van der Waals surface area contributed by atoms with Gasteiger partial charge in [-0.05, 0) is 0 Å². The van der Waals surface area contributed by atoms with Crippen LogP contribution in [0.3, 0.4) is 0 Å². The second-order valence-electron chi connectivity index (χ2n) is 0.513. The molecule has 0 aromatic heterocycles. The van der Waals surface area contributed by atoms with Crippen molar-refractivity contribution in [2.45, 2.75) is 0 Å². The minimum atomic E-state index is -4.64. The number of phosphoric acid groups is 1. The Bertz CT molecular complexity index is 54.2. The van der Waals surface area contributed by atoms with E-state index in [4.69, 9.17) is 19.2 Å². The molecule has 0 bridgehead atoms. The predicted molar refractivity (Wildman–Crippen MR) is 17.9 cm³/mol. The van der Waals surface area contributed by atoms with Gasteiger partial charge in [0.15, 0.2) is 0 Å². The van der Waals surface area contributed by atoms with Crippen LogP contribution in [0.4, 0.5) is 0 Å². The van der Waals surface area contributed by atoms with Gasteiger partial charge in [0, 0.05) is 21.1 Å². The molecule has 0 heterocycles. The summed E-state index contributed by atoms with van der Waals surface area (Å²) in [6.45, 7) is 0. The average Bonchev–Trinajstić information content (AvgIpc) is 0.722. The third-order valence-electron chi connectivity index (χ3n) is 0. The van der Waals surface area contributed by atoms with Gasteiger partial charge < -0.3 is 20.2 Å². The molecule has 0 atom stereocenters. The molecule has 0 aliphatic heterocycles. The molecule has 0 fully saturated rings. The smallest absolute Gasteiger partial charge is 0.412 e. The van der Waals surface area contributed by atoms with Gasteiger partial charge >= 0.3 is 7.82 Å². The van der Waals surface area contributed by atoms with Crippen LogP contribution in [0, 0.1) is 0 Å². The molecule has 0 spiro atoms. The average molecular weight is 212 g/mol. The van der Waals surface area contributed by atoms with Crippen LogP contribution in [0.25, 0.3) is 0 Å². The van der Waals surface area contributed by atoms with Crippen LogP contribution in [0.15, 0.2) is 0 Å². The van der Waals surface area contributed by atoms with Crippen LogP contribution < -0.4 is 0 Å². The van der Waals surface area contributed by atoms with Gasteiger partial charge in [-0.25, -0.2) is 4.57 Å². The maximum absolute atomic E-state index is 8.88. The molecule has 0 saturated carbocycles. The SMILES string of the molecule is O.O=P(O)(O)O.[Mo]. The maximum atomic E-state index is 8.88. The van der Waals surface area contributed by atoms with Gasteiger partial charge in [-0.15, -0.1) is 0 Å². The first-order chi connectivity index (χ1) is 2.00. The van der Waals surface area contributed by atoms with Gasteiger partial charge in [-0.3, -0.25) is 0 Å². The Labute approximate surface area is 54.2 Å². The van der Waals surface area contributed by atoms with Gasteiger partial charge in [-0.2, -0.15) is 0 Å². The molecule has 0 unspecified atom stereocenters. The van der Waals surface area contributed by atoms with E-state index in [0.29, 0.717) is 0 Å². The van der Waals surface area contributed by atoms with Crippen LogP contribution in [-0.4, -0.2) is 20.2 Å².